The van der Waals surface area contributed by atoms with Crippen LogP contribution in [0.4, 0.5) is 0 Å². The van der Waals surface area contributed by atoms with Crippen molar-refractivity contribution in [1.82, 2.24) is 10.3 Å². The molecule has 1 saturated heterocycles. The third-order valence-corrected chi connectivity index (χ3v) is 4.58. The van der Waals surface area contributed by atoms with Crippen LogP contribution in [0.2, 0.25) is 0 Å². The Morgan fingerprint density at radius 2 is 2.37 bits per heavy atom. The van der Waals surface area contributed by atoms with E-state index in [0.29, 0.717) is 18.2 Å². The van der Waals surface area contributed by atoms with Crippen molar-refractivity contribution in [3.05, 3.63) is 16.1 Å². The first-order chi connectivity index (χ1) is 9.19. The zero-order valence-electron chi connectivity index (χ0n) is 11.0. The molecule has 19 heavy (non-hydrogen) atoms. The van der Waals surface area contributed by atoms with Crippen LogP contribution in [0.1, 0.15) is 30.5 Å². The predicted molar refractivity (Wildman–Crippen MR) is 76.5 cm³/mol. The molecule has 0 radical (unpaired) electrons. The van der Waals surface area contributed by atoms with Crippen molar-refractivity contribution >= 4 is 28.8 Å². The van der Waals surface area contributed by atoms with Crippen LogP contribution >= 0.6 is 22.9 Å². The van der Waals surface area contributed by atoms with Gasteiger partial charge in [0.05, 0.1) is 18.0 Å². The standard InChI is InChI=1S/C13H19ClN2O2S/c1-9(10-2-4-18-5-3-10)15-12(17)6-13-16-11(7-14)8-19-13/h8-10H,2-7H2,1H3,(H,15,17). The van der Waals surface area contributed by atoms with Gasteiger partial charge in [-0.05, 0) is 25.7 Å². The zero-order chi connectivity index (χ0) is 13.7. The first-order valence-corrected chi connectivity index (χ1v) is 7.97. The minimum Gasteiger partial charge on any atom is -0.381 e. The highest BCUT2D eigenvalue weighted by atomic mass is 35.5. The fourth-order valence-corrected chi connectivity index (χ4v) is 3.29. The van der Waals surface area contributed by atoms with Crippen molar-refractivity contribution in [3.63, 3.8) is 0 Å². The number of halogens is 1. The lowest BCUT2D eigenvalue weighted by Gasteiger charge is -2.28. The molecule has 2 rings (SSSR count). The first kappa shape index (κ1) is 14.8. The molecule has 6 heteroatoms. The molecule has 1 amide bonds. The molecule has 2 heterocycles. The molecule has 1 aromatic heterocycles. The highest BCUT2D eigenvalue weighted by Crippen LogP contribution is 2.19. The highest BCUT2D eigenvalue weighted by molar-refractivity contribution is 7.09. The maximum absolute atomic E-state index is 12.0. The van der Waals surface area contributed by atoms with Gasteiger partial charge in [-0.15, -0.1) is 22.9 Å². The molecule has 0 spiro atoms. The van der Waals surface area contributed by atoms with E-state index in [1.54, 1.807) is 0 Å². The summed E-state index contributed by atoms with van der Waals surface area (Å²) in [5, 5.41) is 5.79. The first-order valence-electron chi connectivity index (χ1n) is 6.55. The number of hydrogen-bond donors (Lipinski definition) is 1. The van der Waals surface area contributed by atoms with E-state index in [-0.39, 0.29) is 11.9 Å². The quantitative estimate of drug-likeness (QED) is 0.850. The van der Waals surface area contributed by atoms with Crippen LogP contribution in [-0.4, -0.2) is 30.1 Å². The van der Waals surface area contributed by atoms with Gasteiger partial charge in [0.25, 0.3) is 0 Å². The number of alkyl halides is 1. The van der Waals surface area contributed by atoms with Gasteiger partial charge in [0.1, 0.15) is 5.01 Å². The maximum atomic E-state index is 12.0. The monoisotopic (exact) mass is 302 g/mol. The lowest BCUT2D eigenvalue weighted by molar-refractivity contribution is -0.121. The van der Waals surface area contributed by atoms with Gasteiger partial charge in [-0.1, -0.05) is 0 Å². The molecule has 1 unspecified atom stereocenters. The number of aromatic nitrogens is 1. The molecule has 1 aliphatic heterocycles. The Morgan fingerprint density at radius 1 is 1.63 bits per heavy atom. The molecule has 1 aromatic rings. The summed E-state index contributed by atoms with van der Waals surface area (Å²) in [5.41, 5.74) is 0.840. The lowest BCUT2D eigenvalue weighted by Crippen LogP contribution is -2.40. The summed E-state index contributed by atoms with van der Waals surface area (Å²) in [6.07, 6.45) is 2.39. The Labute approximate surface area is 122 Å². The molecule has 0 aliphatic carbocycles. The number of carbonyl (C=O) groups is 1. The van der Waals surface area contributed by atoms with E-state index in [1.165, 1.54) is 11.3 Å². The summed E-state index contributed by atoms with van der Waals surface area (Å²) in [4.78, 5) is 16.2. The minimum absolute atomic E-state index is 0.0365. The molecular formula is C13H19ClN2O2S. The van der Waals surface area contributed by atoms with Gasteiger partial charge in [0, 0.05) is 24.6 Å². The smallest absolute Gasteiger partial charge is 0.227 e. The van der Waals surface area contributed by atoms with Crippen molar-refractivity contribution in [2.75, 3.05) is 13.2 Å². The summed E-state index contributed by atoms with van der Waals surface area (Å²) >= 11 is 7.18. The van der Waals surface area contributed by atoms with Gasteiger partial charge in [0.2, 0.25) is 5.91 Å². The lowest BCUT2D eigenvalue weighted by atomic mass is 9.93. The van der Waals surface area contributed by atoms with E-state index in [9.17, 15) is 4.79 Å². The zero-order valence-corrected chi connectivity index (χ0v) is 12.6. The van der Waals surface area contributed by atoms with Crippen molar-refractivity contribution in [2.45, 2.75) is 38.1 Å². The summed E-state index contributed by atoms with van der Waals surface area (Å²) in [5.74, 6) is 0.957. The average molecular weight is 303 g/mol. The highest BCUT2D eigenvalue weighted by Gasteiger charge is 2.22. The molecule has 1 atom stereocenters. The largest absolute Gasteiger partial charge is 0.381 e. The summed E-state index contributed by atoms with van der Waals surface area (Å²) < 4.78 is 5.33. The van der Waals surface area contributed by atoms with Crippen LogP contribution in [0.25, 0.3) is 0 Å². The van der Waals surface area contributed by atoms with Gasteiger partial charge >= 0.3 is 0 Å². The molecular weight excluding hydrogens is 284 g/mol. The topological polar surface area (TPSA) is 51.2 Å². The maximum Gasteiger partial charge on any atom is 0.227 e. The number of ether oxygens (including phenoxy) is 1. The fourth-order valence-electron chi connectivity index (χ4n) is 2.27. The van der Waals surface area contributed by atoms with E-state index in [1.807, 2.05) is 5.38 Å². The molecule has 0 aromatic carbocycles. The van der Waals surface area contributed by atoms with E-state index in [2.05, 4.69) is 17.2 Å². The van der Waals surface area contributed by atoms with Crippen LogP contribution in [0.3, 0.4) is 0 Å². The Kier molecular flexibility index (Phi) is 5.60. The predicted octanol–water partition coefficient (Wildman–Crippen LogP) is 2.36. The Bertz CT molecular complexity index is 419. The SMILES string of the molecule is CC(NC(=O)Cc1nc(CCl)cs1)C1CCOCC1. The Balaban J connectivity index is 1.79. The number of hydrogen-bond acceptors (Lipinski definition) is 4. The average Bonchev–Trinajstić information content (AvgIpc) is 2.87. The van der Waals surface area contributed by atoms with Gasteiger partial charge in [0.15, 0.2) is 0 Å². The van der Waals surface area contributed by atoms with Crippen LogP contribution in [-0.2, 0) is 21.8 Å². The second-order valence-electron chi connectivity index (χ2n) is 4.85. The summed E-state index contributed by atoms with van der Waals surface area (Å²) in [7, 11) is 0. The van der Waals surface area contributed by atoms with Crippen molar-refractivity contribution in [1.29, 1.82) is 0 Å². The molecule has 1 fully saturated rings. The molecule has 1 N–H and O–H groups in total. The number of nitrogens with one attached hydrogen (secondary N) is 1. The number of rotatable bonds is 5. The van der Waals surface area contributed by atoms with Crippen LogP contribution in [0, 0.1) is 5.92 Å². The second-order valence-corrected chi connectivity index (χ2v) is 6.06. The third kappa shape index (κ3) is 4.44. The number of thiazole rings is 1. The van der Waals surface area contributed by atoms with Gasteiger partial charge in [-0.3, -0.25) is 4.79 Å². The van der Waals surface area contributed by atoms with E-state index in [4.69, 9.17) is 16.3 Å². The third-order valence-electron chi connectivity index (χ3n) is 3.41. The normalized spacial score (nSPS) is 18.2. The molecule has 0 saturated carbocycles. The van der Waals surface area contributed by atoms with Crippen LogP contribution < -0.4 is 5.32 Å². The second kappa shape index (κ2) is 7.22. The van der Waals surface area contributed by atoms with Crippen molar-refractivity contribution < 1.29 is 9.53 Å². The summed E-state index contributed by atoms with van der Waals surface area (Å²) in [6, 6.07) is 0.198. The fraction of sp³-hybridized carbons (Fsp3) is 0.692. The minimum atomic E-state index is 0.0365. The van der Waals surface area contributed by atoms with Crippen LogP contribution in [0.15, 0.2) is 5.38 Å². The number of nitrogens with zero attached hydrogens (tertiary/aromatic N) is 1. The number of amides is 1. The van der Waals surface area contributed by atoms with E-state index in [0.717, 1.165) is 36.8 Å². The molecule has 1 aliphatic rings. The molecule has 4 nitrogen and oxygen atoms in total. The van der Waals surface area contributed by atoms with E-state index < -0.39 is 0 Å². The summed E-state index contributed by atoms with van der Waals surface area (Å²) in [6.45, 7) is 3.67. The van der Waals surface area contributed by atoms with Gasteiger partial charge in [-0.25, -0.2) is 4.98 Å². The Hall–Kier alpha value is -0.650. The van der Waals surface area contributed by atoms with Crippen molar-refractivity contribution in [3.8, 4) is 0 Å². The van der Waals surface area contributed by atoms with Crippen molar-refractivity contribution in [2.24, 2.45) is 5.92 Å². The molecule has 0 bridgehead atoms. The molecule has 106 valence electrons. The Morgan fingerprint density at radius 3 is 3.00 bits per heavy atom. The van der Waals surface area contributed by atoms with Crippen LogP contribution in [0.5, 0.6) is 0 Å². The van der Waals surface area contributed by atoms with E-state index >= 15 is 0 Å². The van der Waals surface area contributed by atoms with Gasteiger partial charge in [-0.2, -0.15) is 0 Å². The number of carbonyl (C=O) groups excluding carboxylic acids is 1. The van der Waals surface area contributed by atoms with Gasteiger partial charge < -0.3 is 10.1 Å².